The molecule has 0 aliphatic carbocycles. The summed E-state index contributed by atoms with van der Waals surface area (Å²) in [5.74, 6) is 0. The molecule has 0 aromatic carbocycles. The first-order valence-electron chi connectivity index (χ1n) is 5.11. The van der Waals surface area contributed by atoms with Crippen molar-refractivity contribution in [2.45, 2.75) is 25.4 Å². The van der Waals surface area contributed by atoms with Gasteiger partial charge in [-0.25, -0.2) is 0 Å². The normalized spacial score (nSPS) is 29.8. The molecule has 0 saturated carbocycles. The number of nitriles is 1. The van der Waals surface area contributed by atoms with Gasteiger partial charge in [0.05, 0.1) is 12.5 Å². The predicted molar refractivity (Wildman–Crippen MR) is 57.9 cm³/mol. The van der Waals surface area contributed by atoms with Gasteiger partial charge >= 0.3 is 0 Å². The van der Waals surface area contributed by atoms with Crippen LogP contribution < -0.4 is 0 Å². The minimum atomic E-state index is 0.374. The Balaban J connectivity index is 2.60. The fourth-order valence-electron chi connectivity index (χ4n) is 1.94. The summed E-state index contributed by atoms with van der Waals surface area (Å²) in [6.45, 7) is 8.89. The zero-order valence-corrected chi connectivity index (χ0v) is 9.11. The van der Waals surface area contributed by atoms with E-state index in [1.54, 1.807) is 0 Å². The Hall–Kier alpha value is -0.850. The third kappa shape index (κ3) is 2.57. The highest BCUT2D eigenvalue weighted by atomic mass is 15.3. The molecule has 2 atom stereocenters. The molecule has 0 amide bonds. The highest BCUT2D eigenvalue weighted by molar-refractivity contribution is 4.92. The molecule has 1 heterocycles. The average molecular weight is 193 g/mol. The van der Waals surface area contributed by atoms with Crippen molar-refractivity contribution < 1.29 is 0 Å². The first kappa shape index (κ1) is 11.2. The molecule has 1 rings (SSSR count). The third-order valence-electron chi connectivity index (χ3n) is 2.96. The second kappa shape index (κ2) is 5.14. The van der Waals surface area contributed by atoms with Gasteiger partial charge in [-0.05, 0) is 14.0 Å². The van der Waals surface area contributed by atoms with Crippen LogP contribution in [0.25, 0.3) is 0 Å². The summed E-state index contributed by atoms with van der Waals surface area (Å²) < 4.78 is 0. The second-order valence-electron chi connectivity index (χ2n) is 4.05. The van der Waals surface area contributed by atoms with E-state index in [1.807, 2.05) is 6.08 Å². The molecule has 78 valence electrons. The van der Waals surface area contributed by atoms with E-state index in [0.717, 1.165) is 19.6 Å². The van der Waals surface area contributed by atoms with Crippen LogP contribution in [0.5, 0.6) is 0 Å². The summed E-state index contributed by atoms with van der Waals surface area (Å²) in [6, 6.07) is 3.21. The molecule has 0 aromatic rings. The van der Waals surface area contributed by atoms with Gasteiger partial charge in [0.15, 0.2) is 0 Å². The van der Waals surface area contributed by atoms with E-state index in [-0.39, 0.29) is 0 Å². The Bertz CT molecular complexity index is 231. The number of nitrogens with zero attached hydrogens (tertiary/aromatic N) is 3. The molecule has 3 nitrogen and oxygen atoms in total. The first-order chi connectivity index (χ1) is 6.69. The van der Waals surface area contributed by atoms with Crippen molar-refractivity contribution >= 4 is 0 Å². The van der Waals surface area contributed by atoms with Crippen LogP contribution in [-0.4, -0.2) is 48.6 Å². The lowest BCUT2D eigenvalue weighted by molar-refractivity contribution is 0.0625. The number of likely N-dealkylation sites (N-methyl/N-ethyl adjacent to an activating group) is 1. The Morgan fingerprint density at radius 1 is 1.57 bits per heavy atom. The predicted octanol–water partition coefficient (Wildman–Crippen LogP) is 1.09. The maximum absolute atomic E-state index is 8.74. The molecule has 2 unspecified atom stereocenters. The van der Waals surface area contributed by atoms with Crippen LogP contribution in [-0.2, 0) is 0 Å². The Morgan fingerprint density at radius 2 is 2.29 bits per heavy atom. The smallest absolute Gasteiger partial charge is 0.0638 e. The maximum atomic E-state index is 8.74. The van der Waals surface area contributed by atoms with Gasteiger partial charge in [-0.1, -0.05) is 6.08 Å². The highest BCUT2D eigenvalue weighted by Crippen LogP contribution is 2.15. The van der Waals surface area contributed by atoms with Crippen molar-refractivity contribution in [2.75, 3.05) is 26.7 Å². The fraction of sp³-hybridized carbons (Fsp3) is 0.727. The minimum Gasteiger partial charge on any atom is -0.301 e. The summed E-state index contributed by atoms with van der Waals surface area (Å²) in [5.41, 5.74) is 0. The lowest BCUT2D eigenvalue weighted by Gasteiger charge is -2.42. The molecule has 0 radical (unpaired) electrons. The van der Waals surface area contributed by atoms with Crippen molar-refractivity contribution in [1.82, 2.24) is 9.80 Å². The van der Waals surface area contributed by atoms with Crippen LogP contribution >= 0.6 is 0 Å². The molecule has 0 spiro atoms. The van der Waals surface area contributed by atoms with Crippen molar-refractivity contribution in [3.8, 4) is 6.07 Å². The van der Waals surface area contributed by atoms with Crippen LogP contribution in [0.15, 0.2) is 12.7 Å². The van der Waals surface area contributed by atoms with Gasteiger partial charge in [-0.2, -0.15) is 5.26 Å². The Labute approximate surface area is 86.6 Å². The van der Waals surface area contributed by atoms with Gasteiger partial charge in [0, 0.05) is 31.7 Å². The van der Waals surface area contributed by atoms with Gasteiger partial charge in [0.25, 0.3) is 0 Å². The summed E-state index contributed by atoms with van der Waals surface area (Å²) in [7, 11) is 2.13. The van der Waals surface area contributed by atoms with Crippen molar-refractivity contribution in [2.24, 2.45) is 0 Å². The van der Waals surface area contributed by atoms with Crippen LogP contribution in [0.4, 0.5) is 0 Å². The summed E-state index contributed by atoms with van der Waals surface area (Å²) in [5, 5.41) is 8.74. The van der Waals surface area contributed by atoms with E-state index in [4.69, 9.17) is 5.26 Å². The largest absolute Gasteiger partial charge is 0.301 e. The number of hydrogen-bond donors (Lipinski definition) is 0. The third-order valence-corrected chi connectivity index (χ3v) is 2.96. The standard InChI is InChI=1S/C11H19N3/c1-4-7-14-8-10(2)13(3)9-11(14)5-6-12/h4,10-11H,1,5,7-9H2,2-3H3. The van der Waals surface area contributed by atoms with Crippen LogP contribution in [0.1, 0.15) is 13.3 Å². The average Bonchev–Trinajstić information content (AvgIpc) is 2.14. The minimum absolute atomic E-state index is 0.374. The molecule has 0 aromatic heterocycles. The van der Waals surface area contributed by atoms with Crippen LogP contribution in [0, 0.1) is 11.3 Å². The van der Waals surface area contributed by atoms with Gasteiger partial charge in [0.2, 0.25) is 0 Å². The molecule has 1 aliphatic rings. The van der Waals surface area contributed by atoms with Gasteiger partial charge in [-0.3, -0.25) is 4.90 Å². The molecule has 1 aliphatic heterocycles. The molecular formula is C11H19N3. The van der Waals surface area contributed by atoms with Crippen molar-refractivity contribution in [3.05, 3.63) is 12.7 Å². The van der Waals surface area contributed by atoms with Gasteiger partial charge < -0.3 is 4.90 Å². The number of rotatable bonds is 3. The highest BCUT2D eigenvalue weighted by Gasteiger charge is 2.28. The monoisotopic (exact) mass is 193 g/mol. The molecule has 0 N–H and O–H groups in total. The fourth-order valence-corrected chi connectivity index (χ4v) is 1.94. The van der Waals surface area contributed by atoms with Crippen LogP contribution in [0.2, 0.25) is 0 Å². The van der Waals surface area contributed by atoms with E-state index < -0.39 is 0 Å². The van der Waals surface area contributed by atoms with E-state index >= 15 is 0 Å². The topological polar surface area (TPSA) is 30.3 Å². The molecule has 1 fully saturated rings. The van der Waals surface area contributed by atoms with Gasteiger partial charge in [0.1, 0.15) is 0 Å². The Kier molecular flexibility index (Phi) is 4.12. The van der Waals surface area contributed by atoms with Gasteiger partial charge in [-0.15, -0.1) is 6.58 Å². The van der Waals surface area contributed by atoms with E-state index in [0.29, 0.717) is 18.5 Å². The zero-order chi connectivity index (χ0) is 10.6. The maximum Gasteiger partial charge on any atom is 0.0638 e. The van der Waals surface area contributed by atoms with E-state index in [9.17, 15) is 0 Å². The number of hydrogen-bond acceptors (Lipinski definition) is 3. The molecule has 0 bridgehead atoms. The van der Waals surface area contributed by atoms with E-state index in [2.05, 4.69) is 36.4 Å². The van der Waals surface area contributed by atoms with Crippen molar-refractivity contribution in [1.29, 1.82) is 5.26 Å². The molecule has 3 heteroatoms. The summed E-state index contributed by atoms with van der Waals surface area (Å²) in [6.07, 6.45) is 2.54. The first-order valence-corrected chi connectivity index (χ1v) is 5.11. The van der Waals surface area contributed by atoms with Crippen molar-refractivity contribution in [3.63, 3.8) is 0 Å². The lowest BCUT2D eigenvalue weighted by Crippen LogP contribution is -2.55. The molecular weight excluding hydrogens is 174 g/mol. The molecule has 14 heavy (non-hydrogen) atoms. The quantitative estimate of drug-likeness (QED) is 0.629. The molecule has 1 saturated heterocycles. The number of piperazine rings is 1. The summed E-state index contributed by atoms with van der Waals surface area (Å²) >= 11 is 0. The SMILES string of the molecule is C=CCN1CC(C)N(C)CC1CC#N. The Morgan fingerprint density at radius 3 is 2.86 bits per heavy atom. The van der Waals surface area contributed by atoms with Crippen LogP contribution in [0.3, 0.4) is 0 Å². The lowest BCUT2D eigenvalue weighted by atomic mass is 10.1. The summed E-state index contributed by atoms with van der Waals surface area (Å²) in [4.78, 5) is 4.67. The second-order valence-corrected chi connectivity index (χ2v) is 4.05. The van der Waals surface area contributed by atoms with E-state index in [1.165, 1.54) is 0 Å². The zero-order valence-electron chi connectivity index (χ0n) is 9.11.